The molecule has 0 heterocycles. The molecule has 49 heavy (non-hydrogen) atoms. The Balaban J connectivity index is 2.56. The van der Waals surface area contributed by atoms with Crippen molar-refractivity contribution in [1.29, 1.82) is 0 Å². The minimum atomic E-state index is -1.29. The zero-order chi connectivity index (χ0) is 37.4. The van der Waals surface area contributed by atoms with Crippen LogP contribution < -0.4 is 0 Å². The number of hydrogen-bond acceptors (Lipinski definition) is 4. The first-order chi connectivity index (χ1) is 22.1. The minimum Gasteiger partial charge on any atom is -0.508 e. The smallest absolute Gasteiger partial charge is 0.124 e. The van der Waals surface area contributed by atoms with Gasteiger partial charge in [-0.3, -0.25) is 0 Å². The van der Waals surface area contributed by atoms with Gasteiger partial charge < -0.3 is 20.4 Å². The van der Waals surface area contributed by atoms with Crippen LogP contribution in [0.2, 0.25) is 0 Å². The van der Waals surface area contributed by atoms with Crippen molar-refractivity contribution in [3.63, 3.8) is 0 Å². The first kappa shape index (κ1) is 37.9. The Morgan fingerprint density at radius 3 is 0.857 bits per heavy atom. The van der Waals surface area contributed by atoms with Crippen LogP contribution in [0.3, 0.4) is 0 Å². The summed E-state index contributed by atoms with van der Waals surface area (Å²) in [6.45, 7) is 33.2. The highest BCUT2D eigenvalue weighted by Gasteiger charge is 2.47. The lowest BCUT2D eigenvalue weighted by Gasteiger charge is -2.43. The zero-order valence-corrected chi connectivity index (χ0v) is 32.9. The van der Waals surface area contributed by atoms with Crippen molar-refractivity contribution in [3.8, 4) is 23.0 Å². The Morgan fingerprint density at radius 2 is 0.592 bits per heavy atom. The molecule has 0 spiro atoms. The second-order valence-corrected chi connectivity index (χ2v) is 18.5. The molecule has 0 unspecified atom stereocenters. The molecule has 0 aliphatic rings. The van der Waals surface area contributed by atoms with Gasteiger partial charge in [-0.1, -0.05) is 118 Å². The molecule has 0 aliphatic heterocycles. The van der Waals surface area contributed by atoms with Gasteiger partial charge in [-0.15, -0.1) is 0 Å². The predicted molar refractivity (Wildman–Crippen MR) is 205 cm³/mol. The Morgan fingerprint density at radius 1 is 0.327 bits per heavy atom. The maximum atomic E-state index is 12.7. The Labute approximate surface area is 295 Å². The molecule has 0 aliphatic carbocycles. The van der Waals surface area contributed by atoms with Crippen LogP contribution in [0.4, 0.5) is 0 Å². The Kier molecular flexibility index (Phi) is 9.39. The van der Waals surface area contributed by atoms with E-state index < -0.39 is 27.1 Å². The standard InChI is InChI=1S/C45H60O4/c1-25-17-33(43(11,12)13)39(48)35(19-25)45(29-23-31(41(5,6)7)37(46)21-27(29)3,30-24-32(42(8,9)10)38(47)22-28(30)4)36-20-26(2)18-34(40(36)49)44(14,15)16/h17-24,46-49H,1-16H3. The molecule has 4 aromatic carbocycles. The third-order valence-electron chi connectivity index (χ3n) is 10.0. The van der Waals surface area contributed by atoms with Gasteiger partial charge >= 0.3 is 0 Å². The summed E-state index contributed by atoms with van der Waals surface area (Å²) in [4.78, 5) is 0. The van der Waals surface area contributed by atoms with Crippen molar-refractivity contribution >= 4 is 0 Å². The Hall–Kier alpha value is -3.92. The summed E-state index contributed by atoms with van der Waals surface area (Å²) >= 11 is 0. The highest BCUT2D eigenvalue weighted by Crippen LogP contribution is 2.57. The fraction of sp³-hybridized carbons (Fsp3) is 0.467. The summed E-state index contributed by atoms with van der Waals surface area (Å²) < 4.78 is 0. The van der Waals surface area contributed by atoms with Crippen molar-refractivity contribution in [3.05, 3.63) is 115 Å². The molecule has 0 radical (unpaired) electrons. The Bertz CT molecular complexity index is 1770. The molecule has 0 amide bonds. The summed E-state index contributed by atoms with van der Waals surface area (Å²) in [7, 11) is 0. The fourth-order valence-corrected chi connectivity index (χ4v) is 7.54. The molecule has 0 fully saturated rings. The van der Waals surface area contributed by atoms with Gasteiger partial charge in [0.05, 0.1) is 5.41 Å². The molecule has 0 aromatic heterocycles. The summed E-state index contributed by atoms with van der Waals surface area (Å²) in [5.41, 5.74) is 6.72. The van der Waals surface area contributed by atoms with Crippen LogP contribution in [0.25, 0.3) is 0 Å². The third-order valence-corrected chi connectivity index (χ3v) is 10.0. The van der Waals surface area contributed by atoms with E-state index in [-0.39, 0.29) is 23.0 Å². The van der Waals surface area contributed by atoms with E-state index in [0.29, 0.717) is 11.1 Å². The number of benzene rings is 4. The number of aryl methyl sites for hydroxylation is 4. The van der Waals surface area contributed by atoms with Gasteiger partial charge in [-0.05, 0) is 118 Å². The van der Waals surface area contributed by atoms with E-state index in [1.165, 1.54) is 0 Å². The first-order valence-electron chi connectivity index (χ1n) is 17.5. The average Bonchev–Trinajstić information content (AvgIpc) is 2.91. The van der Waals surface area contributed by atoms with Crippen molar-refractivity contribution in [2.45, 2.75) is 138 Å². The number of hydrogen-bond donors (Lipinski definition) is 4. The molecule has 0 saturated carbocycles. The number of rotatable bonds is 4. The molecule has 0 saturated heterocycles. The molecular weight excluding hydrogens is 604 g/mol. The normalized spacial score (nSPS) is 13.2. The van der Waals surface area contributed by atoms with E-state index in [1.54, 1.807) is 0 Å². The molecule has 4 rings (SSSR count). The van der Waals surface area contributed by atoms with Crippen LogP contribution in [0, 0.1) is 27.7 Å². The van der Waals surface area contributed by atoms with Crippen LogP contribution in [-0.2, 0) is 27.1 Å². The zero-order valence-electron chi connectivity index (χ0n) is 32.9. The topological polar surface area (TPSA) is 80.9 Å². The summed E-state index contributed by atoms with van der Waals surface area (Å²) in [6, 6.07) is 16.0. The van der Waals surface area contributed by atoms with E-state index in [1.807, 2.05) is 39.8 Å². The van der Waals surface area contributed by atoms with Crippen LogP contribution in [-0.4, -0.2) is 20.4 Å². The third kappa shape index (κ3) is 6.68. The average molecular weight is 665 g/mol. The lowest BCUT2D eigenvalue weighted by molar-refractivity contribution is 0.419. The predicted octanol–water partition coefficient (Wildman–Crippen LogP) is 11.3. The van der Waals surface area contributed by atoms with Gasteiger partial charge in [0.1, 0.15) is 23.0 Å². The highest BCUT2D eigenvalue weighted by molar-refractivity contribution is 5.73. The molecule has 264 valence electrons. The summed E-state index contributed by atoms with van der Waals surface area (Å²) in [5, 5.41) is 48.3. The number of aromatic hydroxyl groups is 4. The van der Waals surface area contributed by atoms with E-state index in [0.717, 1.165) is 55.6 Å². The molecule has 4 aromatic rings. The van der Waals surface area contributed by atoms with Gasteiger partial charge in [0, 0.05) is 11.1 Å². The second-order valence-electron chi connectivity index (χ2n) is 18.5. The van der Waals surface area contributed by atoms with Crippen LogP contribution in [0.1, 0.15) is 150 Å². The molecule has 0 bridgehead atoms. The van der Waals surface area contributed by atoms with E-state index in [9.17, 15) is 20.4 Å². The van der Waals surface area contributed by atoms with E-state index in [2.05, 4.69) is 119 Å². The summed E-state index contributed by atoms with van der Waals surface area (Å²) in [6.07, 6.45) is 0. The van der Waals surface area contributed by atoms with Gasteiger partial charge in [0.25, 0.3) is 0 Å². The van der Waals surface area contributed by atoms with Crippen molar-refractivity contribution < 1.29 is 20.4 Å². The maximum absolute atomic E-state index is 12.7. The highest BCUT2D eigenvalue weighted by atomic mass is 16.3. The van der Waals surface area contributed by atoms with Crippen LogP contribution >= 0.6 is 0 Å². The van der Waals surface area contributed by atoms with Crippen molar-refractivity contribution in [1.82, 2.24) is 0 Å². The number of phenols is 4. The largest absolute Gasteiger partial charge is 0.508 e. The quantitative estimate of drug-likeness (QED) is 0.164. The molecule has 0 atom stereocenters. The fourth-order valence-electron chi connectivity index (χ4n) is 7.54. The lowest BCUT2D eigenvalue weighted by atomic mass is 9.59. The molecular formula is C45H60O4. The molecule has 4 heteroatoms. The molecule has 4 nitrogen and oxygen atoms in total. The minimum absolute atomic E-state index is 0.158. The monoisotopic (exact) mass is 664 g/mol. The van der Waals surface area contributed by atoms with Gasteiger partial charge in [-0.25, -0.2) is 0 Å². The van der Waals surface area contributed by atoms with Gasteiger partial charge in [0.15, 0.2) is 0 Å². The first-order valence-corrected chi connectivity index (χ1v) is 17.5. The van der Waals surface area contributed by atoms with Crippen molar-refractivity contribution in [2.24, 2.45) is 0 Å². The van der Waals surface area contributed by atoms with Crippen LogP contribution in [0.5, 0.6) is 23.0 Å². The summed E-state index contributed by atoms with van der Waals surface area (Å²) in [5.74, 6) is 0.720. The van der Waals surface area contributed by atoms with E-state index >= 15 is 0 Å². The molecule has 4 N–H and O–H groups in total. The lowest BCUT2D eigenvalue weighted by Crippen LogP contribution is -2.35. The maximum Gasteiger partial charge on any atom is 0.124 e. The van der Waals surface area contributed by atoms with Gasteiger partial charge in [-0.2, -0.15) is 0 Å². The van der Waals surface area contributed by atoms with Crippen molar-refractivity contribution in [2.75, 3.05) is 0 Å². The SMILES string of the molecule is Cc1cc(C(C)(C)C)c(O)c(C(c2cc(C(C)(C)C)c(O)cc2C)(c2cc(C(C)(C)C)c(O)cc2C)c2cc(C)cc(C(C)(C)C)c2O)c1. The van der Waals surface area contributed by atoms with Crippen LogP contribution in [0.15, 0.2) is 48.5 Å². The second kappa shape index (κ2) is 12.1. The van der Waals surface area contributed by atoms with Gasteiger partial charge in [0.2, 0.25) is 0 Å². The number of phenolic OH excluding ortho intramolecular Hbond substituents is 4. The van der Waals surface area contributed by atoms with E-state index in [4.69, 9.17) is 0 Å².